The minimum atomic E-state index is -0.249. The highest BCUT2D eigenvalue weighted by molar-refractivity contribution is 5.06. The van der Waals surface area contributed by atoms with E-state index in [9.17, 15) is 4.79 Å². The van der Waals surface area contributed by atoms with Gasteiger partial charge in [0.05, 0.1) is 6.61 Å². The number of aromatic nitrogens is 2. The third-order valence-corrected chi connectivity index (χ3v) is 3.61. The molecule has 0 saturated heterocycles. The summed E-state index contributed by atoms with van der Waals surface area (Å²) in [6.45, 7) is 0.0905. The molecule has 1 saturated carbocycles. The first-order valence-electron chi connectivity index (χ1n) is 7.14. The van der Waals surface area contributed by atoms with Gasteiger partial charge in [0.2, 0.25) is 5.88 Å². The standard InChI is InChI=1S/C14H22N2O3/c17-10-11-19-13-8-9-16(14(18)15-13)12-6-4-2-1-3-5-7-12/h8-9,12,17H,1-7,10-11H2. The number of nitrogens with zero attached hydrogens (tertiary/aromatic N) is 2. The third-order valence-electron chi connectivity index (χ3n) is 3.61. The van der Waals surface area contributed by atoms with Crippen molar-refractivity contribution in [3.8, 4) is 5.88 Å². The maximum Gasteiger partial charge on any atom is 0.351 e. The molecular formula is C14H22N2O3. The molecule has 1 fully saturated rings. The van der Waals surface area contributed by atoms with Crippen molar-refractivity contribution in [2.75, 3.05) is 13.2 Å². The Morgan fingerprint density at radius 1 is 1.26 bits per heavy atom. The van der Waals surface area contributed by atoms with E-state index in [0.717, 1.165) is 12.8 Å². The Hall–Kier alpha value is -1.36. The van der Waals surface area contributed by atoms with E-state index in [1.807, 2.05) is 0 Å². The molecule has 1 aromatic rings. The van der Waals surface area contributed by atoms with Crippen LogP contribution >= 0.6 is 0 Å². The van der Waals surface area contributed by atoms with E-state index in [-0.39, 0.29) is 24.9 Å². The number of aliphatic hydroxyl groups excluding tert-OH is 1. The fourth-order valence-corrected chi connectivity index (χ4v) is 2.62. The van der Waals surface area contributed by atoms with Crippen LogP contribution in [0.25, 0.3) is 0 Å². The van der Waals surface area contributed by atoms with Gasteiger partial charge in [0.1, 0.15) is 6.61 Å². The van der Waals surface area contributed by atoms with E-state index in [1.165, 1.54) is 32.1 Å². The Bertz CT molecular complexity index is 437. The van der Waals surface area contributed by atoms with Crippen molar-refractivity contribution in [2.45, 2.75) is 51.0 Å². The molecule has 1 heterocycles. The monoisotopic (exact) mass is 266 g/mol. The van der Waals surface area contributed by atoms with Gasteiger partial charge in [-0.1, -0.05) is 32.1 Å². The maximum atomic E-state index is 12.0. The highest BCUT2D eigenvalue weighted by Crippen LogP contribution is 2.25. The van der Waals surface area contributed by atoms with Crippen LogP contribution in [0.1, 0.15) is 51.0 Å². The van der Waals surface area contributed by atoms with Gasteiger partial charge in [-0.3, -0.25) is 4.57 Å². The van der Waals surface area contributed by atoms with Crippen molar-refractivity contribution < 1.29 is 9.84 Å². The lowest BCUT2D eigenvalue weighted by atomic mass is 9.96. The largest absolute Gasteiger partial charge is 0.475 e. The second-order valence-corrected chi connectivity index (χ2v) is 5.03. The van der Waals surface area contributed by atoms with Crippen molar-refractivity contribution in [3.63, 3.8) is 0 Å². The summed E-state index contributed by atoms with van der Waals surface area (Å²) in [5.74, 6) is 0.293. The van der Waals surface area contributed by atoms with Crippen molar-refractivity contribution in [3.05, 3.63) is 22.7 Å². The number of hydrogen-bond donors (Lipinski definition) is 1. The molecule has 19 heavy (non-hydrogen) atoms. The highest BCUT2D eigenvalue weighted by atomic mass is 16.5. The van der Waals surface area contributed by atoms with Crippen molar-refractivity contribution >= 4 is 0 Å². The first-order chi connectivity index (χ1) is 9.31. The van der Waals surface area contributed by atoms with Crippen LogP contribution in [-0.4, -0.2) is 27.9 Å². The second kappa shape index (κ2) is 7.28. The van der Waals surface area contributed by atoms with Gasteiger partial charge in [0, 0.05) is 18.3 Å². The fraction of sp³-hybridized carbons (Fsp3) is 0.714. The normalized spacial score (nSPS) is 17.7. The summed E-state index contributed by atoms with van der Waals surface area (Å²) in [5, 5.41) is 8.68. The third kappa shape index (κ3) is 4.06. The average Bonchev–Trinajstić information content (AvgIpc) is 2.37. The summed E-state index contributed by atoms with van der Waals surface area (Å²) in [5.41, 5.74) is -0.249. The van der Waals surface area contributed by atoms with Gasteiger partial charge < -0.3 is 9.84 Å². The van der Waals surface area contributed by atoms with Crippen LogP contribution in [0.4, 0.5) is 0 Å². The SMILES string of the molecule is O=c1nc(OCCO)ccn1C1CCCCCCC1. The van der Waals surface area contributed by atoms with Crippen LogP contribution in [0.3, 0.4) is 0 Å². The van der Waals surface area contributed by atoms with Crippen LogP contribution in [0, 0.1) is 0 Å². The van der Waals surface area contributed by atoms with E-state index in [1.54, 1.807) is 16.8 Å². The van der Waals surface area contributed by atoms with Crippen molar-refractivity contribution in [1.29, 1.82) is 0 Å². The molecule has 0 bridgehead atoms. The summed E-state index contributed by atoms with van der Waals surface area (Å²) in [6.07, 6.45) is 10.1. The number of hydrogen-bond acceptors (Lipinski definition) is 4. The van der Waals surface area contributed by atoms with Gasteiger partial charge in [-0.25, -0.2) is 4.79 Å². The van der Waals surface area contributed by atoms with Crippen LogP contribution < -0.4 is 10.4 Å². The minimum absolute atomic E-state index is 0.0760. The summed E-state index contributed by atoms with van der Waals surface area (Å²) in [6, 6.07) is 1.97. The fourth-order valence-electron chi connectivity index (χ4n) is 2.62. The topological polar surface area (TPSA) is 64.3 Å². The van der Waals surface area contributed by atoms with Crippen LogP contribution in [0.2, 0.25) is 0 Å². The average molecular weight is 266 g/mol. The number of aliphatic hydroxyl groups is 1. The van der Waals surface area contributed by atoms with Gasteiger partial charge in [-0.15, -0.1) is 0 Å². The Labute approximate surface area is 113 Å². The van der Waals surface area contributed by atoms with E-state index in [0.29, 0.717) is 5.88 Å². The van der Waals surface area contributed by atoms with Gasteiger partial charge in [-0.2, -0.15) is 4.98 Å². The lowest BCUT2D eigenvalue weighted by Crippen LogP contribution is -2.27. The van der Waals surface area contributed by atoms with E-state index >= 15 is 0 Å². The molecule has 1 N–H and O–H groups in total. The molecule has 0 unspecified atom stereocenters. The van der Waals surface area contributed by atoms with E-state index in [4.69, 9.17) is 9.84 Å². The molecule has 0 aliphatic heterocycles. The van der Waals surface area contributed by atoms with Crippen LogP contribution in [-0.2, 0) is 0 Å². The Morgan fingerprint density at radius 3 is 2.58 bits per heavy atom. The summed E-state index contributed by atoms with van der Waals surface area (Å²) in [4.78, 5) is 15.9. The van der Waals surface area contributed by atoms with Crippen molar-refractivity contribution in [1.82, 2.24) is 9.55 Å². The number of rotatable bonds is 4. The zero-order valence-electron chi connectivity index (χ0n) is 11.3. The molecule has 0 radical (unpaired) electrons. The minimum Gasteiger partial charge on any atom is -0.475 e. The first kappa shape index (κ1) is 14.1. The molecule has 5 nitrogen and oxygen atoms in total. The molecule has 0 spiro atoms. The quantitative estimate of drug-likeness (QED) is 0.904. The molecule has 0 amide bonds. The molecule has 0 aromatic carbocycles. The Balaban J connectivity index is 2.08. The zero-order valence-corrected chi connectivity index (χ0v) is 11.3. The van der Waals surface area contributed by atoms with E-state index in [2.05, 4.69) is 4.98 Å². The van der Waals surface area contributed by atoms with E-state index < -0.39 is 0 Å². The molecule has 5 heteroatoms. The maximum absolute atomic E-state index is 12.0. The smallest absolute Gasteiger partial charge is 0.351 e. The molecular weight excluding hydrogens is 244 g/mol. The molecule has 1 aliphatic rings. The Kier molecular flexibility index (Phi) is 5.39. The second-order valence-electron chi connectivity index (χ2n) is 5.03. The lowest BCUT2D eigenvalue weighted by Gasteiger charge is -2.21. The van der Waals surface area contributed by atoms with Gasteiger partial charge in [0.25, 0.3) is 0 Å². The van der Waals surface area contributed by atoms with Gasteiger partial charge >= 0.3 is 5.69 Å². The van der Waals surface area contributed by atoms with Crippen LogP contribution in [0.15, 0.2) is 17.1 Å². The predicted octanol–water partition coefficient (Wildman–Crippen LogP) is 1.90. The molecule has 106 valence electrons. The highest BCUT2D eigenvalue weighted by Gasteiger charge is 2.15. The van der Waals surface area contributed by atoms with Crippen LogP contribution in [0.5, 0.6) is 5.88 Å². The lowest BCUT2D eigenvalue weighted by molar-refractivity contribution is 0.195. The summed E-state index contributed by atoms with van der Waals surface area (Å²) >= 11 is 0. The Morgan fingerprint density at radius 2 is 1.95 bits per heavy atom. The molecule has 2 rings (SSSR count). The van der Waals surface area contributed by atoms with Gasteiger partial charge in [0.15, 0.2) is 0 Å². The van der Waals surface area contributed by atoms with Crippen molar-refractivity contribution in [2.24, 2.45) is 0 Å². The number of ether oxygens (including phenoxy) is 1. The summed E-state index contributed by atoms with van der Waals surface area (Å²) in [7, 11) is 0. The molecule has 1 aliphatic carbocycles. The summed E-state index contributed by atoms with van der Waals surface area (Å²) < 4.78 is 6.88. The molecule has 0 atom stereocenters. The van der Waals surface area contributed by atoms with Gasteiger partial charge in [-0.05, 0) is 12.8 Å². The predicted molar refractivity (Wildman–Crippen MR) is 72.4 cm³/mol. The zero-order chi connectivity index (χ0) is 13.5. The molecule has 1 aromatic heterocycles. The first-order valence-corrected chi connectivity index (χ1v) is 7.14.